The molecule has 0 amide bonds. The van der Waals surface area contributed by atoms with Gasteiger partial charge in [0.05, 0.1) is 19.8 Å². The van der Waals surface area contributed by atoms with Gasteiger partial charge in [0.25, 0.3) is 0 Å². The summed E-state index contributed by atoms with van der Waals surface area (Å²) in [5, 5.41) is 8.82. The highest BCUT2D eigenvalue weighted by Gasteiger charge is 2.19. The van der Waals surface area contributed by atoms with Crippen molar-refractivity contribution in [1.82, 2.24) is 0 Å². The van der Waals surface area contributed by atoms with Crippen LogP contribution in [0.15, 0.2) is 18.2 Å². The normalized spacial score (nSPS) is 18.9. The summed E-state index contributed by atoms with van der Waals surface area (Å²) in [5.74, 6) is 1.97. The first-order valence-corrected chi connectivity index (χ1v) is 5.53. The van der Waals surface area contributed by atoms with Crippen LogP contribution in [0.25, 0.3) is 0 Å². The second-order valence-electron chi connectivity index (χ2n) is 3.95. The lowest BCUT2D eigenvalue weighted by Crippen LogP contribution is -1.97. The Bertz CT molecular complexity index is 409. The first-order chi connectivity index (χ1) is 7.85. The van der Waals surface area contributed by atoms with Crippen LogP contribution in [0.1, 0.15) is 30.7 Å². The summed E-state index contributed by atoms with van der Waals surface area (Å²) >= 11 is 0. The molecule has 0 saturated heterocycles. The van der Waals surface area contributed by atoms with Crippen molar-refractivity contribution in [2.45, 2.75) is 25.2 Å². The van der Waals surface area contributed by atoms with Gasteiger partial charge in [-0.15, -0.1) is 0 Å². The van der Waals surface area contributed by atoms with E-state index in [1.807, 2.05) is 18.2 Å². The predicted molar refractivity (Wildman–Crippen MR) is 60.7 cm³/mol. The van der Waals surface area contributed by atoms with Crippen molar-refractivity contribution in [1.29, 1.82) is 5.26 Å². The molecule has 0 spiro atoms. The highest BCUT2D eigenvalue weighted by Crippen LogP contribution is 2.37. The maximum atomic E-state index is 8.82. The maximum absolute atomic E-state index is 8.82. The summed E-state index contributed by atoms with van der Waals surface area (Å²) in [4.78, 5) is 0. The predicted octanol–water partition coefficient (Wildman–Crippen LogP) is 2.87. The summed E-state index contributed by atoms with van der Waals surface area (Å²) < 4.78 is 10.8. The first kappa shape index (κ1) is 10.8. The molecule has 0 fully saturated rings. The second kappa shape index (κ2) is 4.89. The van der Waals surface area contributed by atoms with E-state index in [0.717, 1.165) is 36.5 Å². The Labute approximate surface area is 95.6 Å². The molecule has 1 aromatic rings. The van der Waals surface area contributed by atoms with E-state index in [0.29, 0.717) is 12.3 Å². The van der Waals surface area contributed by atoms with Crippen LogP contribution in [0.2, 0.25) is 0 Å². The number of nitriles is 1. The quantitative estimate of drug-likeness (QED) is 0.765. The monoisotopic (exact) mass is 217 g/mol. The molecule has 0 bridgehead atoms. The van der Waals surface area contributed by atoms with Crippen LogP contribution < -0.4 is 9.47 Å². The second-order valence-corrected chi connectivity index (χ2v) is 3.95. The lowest BCUT2D eigenvalue weighted by molar-refractivity contribution is 0.313. The summed E-state index contributed by atoms with van der Waals surface area (Å²) in [6.07, 6.45) is 2.58. The van der Waals surface area contributed by atoms with Gasteiger partial charge in [-0.2, -0.15) is 5.26 Å². The molecule has 84 valence electrons. The van der Waals surface area contributed by atoms with Gasteiger partial charge in [0.1, 0.15) is 11.5 Å². The largest absolute Gasteiger partial charge is 0.497 e. The van der Waals surface area contributed by atoms with Crippen LogP contribution in [-0.2, 0) is 0 Å². The topological polar surface area (TPSA) is 42.2 Å². The Morgan fingerprint density at radius 2 is 2.44 bits per heavy atom. The maximum Gasteiger partial charge on any atom is 0.126 e. The Morgan fingerprint density at radius 1 is 1.56 bits per heavy atom. The van der Waals surface area contributed by atoms with E-state index in [1.54, 1.807) is 7.11 Å². The van der Waals surface area contributed by atoms with Crippen LogP contribution >= 0.6 is 0 Å². The third-order valence-electron chi connectivity index (χ3n) is 2.95. The van der Waals surface area contributed by atoms with Crippen molar-refractivity contribution in [2.24, 2.45) is 0 Å². The number of fused-ring (bicyclic) bond motifs is 1. The van der Waals surface area contributed by atoms with Gasteiger partial charge in [-0.1, -0.05) is 6.07 Å². The lowest BCUT2D eigenvalue weighted by Gasteiger charge is -2.14. The fourth-order valence-electron chi connectivity index (χ4n) is 2.09. The van der Waals surface area contributed by atoms with Crippen LogP contribution in [0.4, 0.5) is 0 Å². The molecule has 1 aromatic carbocycles. The van der Waals surface area contributed by atoms with E-state index in [-0.39, 0.29) is 0 Å². The smallest absolute Gasteiger partial charge is 0.126 e. The zero-order valence-corrected chi connectivity index (χ0v) is 9.40. The Balaban J connectivity index is 2.35. The van der Waals surface area contributed by atoms with Crippen molar-refractivity contribution >= 4 is 0 Å². The van der Waals surface area contributed by atoms with Crippen molar-refractivity contribution in [3.8, 4) is 17.6 Å². The summed E-state index contributed by atoms with van der Waals surface area (Å²) in [6, 6.07) is 8.10. The number of ether oxygens (including phenoxy) is 2. The van der Waals surface area contributed by atoms with Crippen molar-refractivity contribution in [3.05, 3.63) is 23.8 Å². The number of nitrogens with zero attached hydrogens (tertiary/aromatic N) is 1. The zero-order chi connectivity index (χ0) is 11.4. The Kier molecular flexibility index (Phi) is 3.31. The average molecular weight is 217 g/mol. The highest BCUT2D eigenvalue weighted by atomic mass is 16.5. The van der Waals surface area contributed by atoms with E-state index in [4.69, 9.17) is 14.7 Å². The minimum atomic E-state index is 0.299. The SMILES string of the molecule is COc1ccc2c(c1)OCCCC2CC#N. The molecule has 0 N–H and O–H groups in total. The van der Waals surface area contributed by atoms with Gasteiger partial charge in [-0.3, -0.25) is 0 Å². The van der Waals surface area contributed by atoms with E-state index >= 15 is 0 Å². The van der Waals surface area contributed by atoms with E-state index in [9.17, 15) is 0 Å². The summed E-state index contributed by atoms with van der Waals surface area (Å²) in [6.45, 7) is 0.724. The fourth-order valence-corrected chi connectivity index (χ4v) is 2.09. The number of benzene rings is 1. The molecule has 2 rings (SSSR count). The molecule has 0 aliphatic carbocycles. The molecule has 3 heteroatoms. The molecular formula is C13H15NO2. The molecule has 1 aliphatic heterocycles. The highest BCUT2D eigenvalue weighted by molar-refractivity contribution is 5.43. The van der Waals surface area contributed by atoms with Gasteiger partial charge in [-0.25, -0.2) is 0 Å². The lowest BCUT2D eigenvalue weighted by atomic mass is 9.92. The third kappa shape index (κ3) is 2.11. The van der Waals surface area contributed by atoms with E-state index < -0.39 is 0 Å². The average Bonchev–Trinajstić information content (AvgIpc) is 2.52. The third-order valence-corrected chi connectivity index (χ3v) is 2.95. The molecule has 1 unspecified atom stereocenters. The van der Waals surface area contributed by atoms with Gasteiger partial charge in [0.2, 0.25) is 0 Å². The van der Waals surface area contributed by atoms with Crippen LogP contribution in [-0.4, -0.2) is 13.7 Å². The number of hydrogen-bond donors (Lipinski definition) is 0. The molecule has 0 radical (unpaired) electrons. The fraction of sp³-hybridized carbons (Fsp3) is 0.462. The van der Waals surface area contributed by atoms with Crippen LogP contribution in [0, 0.1) is 11.3 Å². The molecule has 3 nitrogen and oxygen atoms in total. The molecule has 0 aromatic heterocycles. The number of methoxy groups -OCH3 is 1. The number of rotatable bonds is 2. The van der Waals surface area contributed by atoms with Crippen LogP contribution in [0.5, 0.6) is 11.5 Å². The Morgan fingerprint density at radius 3 is 3.19 bits per heavy atom. The van der Waals surface area contributed by atoms with E-state index in [2.05, 4.69) is 6.07 Å². The standard InChI is InChI=1S/C13H15NO2/c1-15-11-4-5-12-10(6-7-14)3-2-8-16-13(12)9-11/h4-5,9-10H,2-3,6,8H2,1H3. The van der Waals surface area contributed by atoms with E-state index in [1.165, 1.54) is 0 Å². The zero-order valence-electron chi connectivity index (χ0n) is 9.40. The van der Waals surface area contributed by atoms with Crippen LogP contribution in [0.3, 0.4) is 0 Å². The van der Waals surface area contributed by atoms with Crippen molar-refractivity contribution in [2.75, 3.05) is 13.7 Å². The number of hydrogen-bond acceptors (Lipinski definition) is 3. The van der Waals surface area contributed by atoms with Crippen molar-refractivity contribution in [3.63, 3.8) is 0 Å². The van der Waals surface area contributed by atoms with Gasteiger partial charge < -0.3 is 9.47 Å². The first-order valence-electron chi connectivity index (χ1n) is 5.53. The molecule has 1 aliphatic rings. The molecule has 0 saturated carbocycles. The van der Waals surface area contributed by atoms with Gasteiger partial charge in [-0.05, 0) is 24.5 Å². The molecule has 1 atom stereocenters. The minimum Gasteiger partial charge on any atom is -0.497 e. The molecule has 1 heterocycles. The minimum absolute atomic E-state index is 0.299. The summed E-state index contributed by atoms with van der Waals surface area (Å²) in [7, 11) is 1.64. The summed E-state index contributed by atoms with van der Waals surface area (Å²) in [5.41, 5.74) is 1.14. The van der Waals surface area contributed by atoms with Gasteiger partial charge in [0, 0.05) is 18.4 Å². The van der Waals surface area contributed by atoms with Crippen molar-refractivity contribution < 1.29 is 9.47 Å². The Hall–Kier alpha value is -1.69. The van der Waals surface area contributed by atoms with Gasteiger partial charge in [0.15, 0.2) is 0 Å². The molecule has 16 heavy (non-hydrogen) atoms. The molecular weight excluding hydrogens is 202 g/mol. The van der Waals surface area contributed by atoms with Gasteiger partial charge >= 0.3 is 0 Å².